The lowest BCUT2D eigenvalue weighted by molar-refractivity contribution is 0.0935. The Morgan fingerprint density at radius 1 is 1.35 bits per heavy atom. The number of rotatable bonds is 4. The first-order chi connectivity index (χ1) is 9.58. The molecule has 0 saturated carbocycles. The topological polar surface area (TPSA) is 80.9 Å². The molecule has 0 bridgehead atoms. The summed E-state index contributed by atoms with van der Waals surface area (Å²) in [5.41, 5.74) is 6.74. The minimum Gasteiger partial charge on any atom is -0.382 e. The van der Waals surface area contributed by atoms with Crippen molar-refractivity contribution in [2.75, 3.05) is 5.73 Å². The van der Waals surface area contributed by atoms with Crippen LogP contribution in [-0.4, -0.2) is 21.9 Å². The van der Waals surface area contributed by atoms with Crippen LogP contribution in [0.15, 0.2) is 36.7 Å². The summed E-state index contributed by atoms with van der Waals surface area (Å²) < 4.78 is 0. The monoisotopic (exact) mass is 290 g/mol. The Kier molecular flexibility index (Phi) is 4.53. The van der Waals surface area contributed by atoms with Gasteiger partial charge in [-0.05, 0) is 25.0 Å². The zero-order chi connectivity index (χ0) is 14.5. The third-order valence-electron chi connectivity index (χ3n) is 2.80. The number of nitrogens with zero attached hydrogens (tertiary/aromatic N) is 2. The van der Waals surface area contributed by atoms with Crippen LogP contribution in [-0.2, 0) is 6.42 Å². The average molecular weight is 291 g/mol. The van der Waals surface area contributed by atoms with Gasteiger partial charge in [0.05, 0.1) is 0 Å². The van der Waals surface area contributed by atoms with E-state index in [0.717, 1.165) is 5.56 Å². The highest BCUT2D eigenvalue weighted by atomic mass is 35.5. The molecule has 0 fully saturated rings. The number of carbonyl (C=O) groups is 1. The van der Waals surface area contributed by atoms with E-state index in [0.29, 0.717) is 11.4 Å². The maximum Gasteiger partial charge on any atom is 0.273 e. The molecule has 3 N–H and O–H groups in total. The van der Waals surface area contributed by atoms with Crippen molar-refractivity contribution in [3.63, 3.8) is 0 Å². The van der Waals surface area contributed by atoms with Crippen LogP contribution in [0.2, 0.25) is 5.02 Å². The summed E-state index contributed by atoms with van der Waals surface area (Å²) in [5.74, 6) is -0.218. The van der Waals surface area contributed by atoms with Crippen molar-refractivity contribution in [3.05, 3.63) is 52.9 Å². The predicted octanol–water partition coefficient (Wildman–Crippen LogP) is 2.07. The quantitative estimate of drug-likeness (QED) is 0.903. The Balaban J connectivity index is 2.02. The second kappa shape index (κ2) is 6.34. The van der Waals surface area contributed by atoms with Crippen LogP contribution in [0, 0.1) is 0 Å². The first kappa shape index (κ1) is 14.3. The molecule has 0 saturated heterocycles. The van der Waals surface area contributed by atoms with E-state index < -0.39 is 0 Å². The van der Waals surface area contributed by atoms with Crippen molar-refractivity contribution < 1.29 is 4.79 Å². The predicted molar refractivity (Wildman–Crippen MR) is 78.5 cm³/mol. The van der Waals surface area contributed by atoms with Gasteiger partial charge < -0.3 is 11.1 Å². The van der Waals surface area contributed by atoms with Gasteiger partial charge in [0.1, 0.15) is 0 Å². The van der Waals surface area contributed by atoms with E-state index in [1.807, 2.05) is 31.2 Å². The molecule has 0 aliphatic carbocycles. The molecule has 5 nitrogen and oxygen atoms in total. The molecule has 2 aromatic rings. The first-order valence-corrected chi connectivity index (χ1v) is 6.56. The molecular formula is C14H15ClN4O. The van der Waals surface area contributed by atoms with Crippen molar-refractivity contribution >= 4 is 23.3 Å². The Hall–Kier alpha value is -2.14. The van der Waals surface area contributed by atoms with Gasteiger partial charge in [0.15, 0.2) is 11.5 Å². The van der Waals surface area contributed by atoms with Crippen molar-refractivity contribution in [1.82, 2.24) is 15.3 Å². The Morgan fingerprint density at radius 2 is 2.05 bits per heavy atom. The van der Waals surface area contributed by atoms with Crippen molar-refractivity contribution in [1.29, 1.82) is 0 Å². The Morgan fingerprint density at radius 3 is 2.75 bits per heavy atom. The Bertz CT molecular complexity index is 618. The van der Waals surface area contributed by atoms with Gasteiger partial charge in [-0.15, -0.1) is 0 Å². The molecule has 2 rings (SSSR count). The molecule has 0 spiro atoms. The summed E-state index contributed by atoms with van der Waals surface area (Å²) in [5, 5.41) is 3.52. The van der Waals surface area contributed by atoms with E-state index >= 15 is 0 Å². The van der Waals surface area contributed by atoms with Crippen LogP contribution in [0.5, 0.6) is 0 Å². The summed E-state index contributed by atoms with van der Waals surface area (Å²) in [6.45, 7) is 1.90. The maximum atomic E-state index is 12.0. The van der Waals surface area contributed by atoms with Gasteiger partial charge >= 0.3 is 0 Å². The third-order valence-corrected chi connectivity index (χ3v) is 3.17. The zero-order valence-corrected chi connectivity index (χ0v) is 11.8. The fourth-order valence-electron chi connectivity index (χ4n) is 1.86. The molecule has 1 amide bonds. The lowest BCUT2D eigenvalue weighted by Gasteiger charge is -2.14. The van der Waals surface area contributed by atoms with E-state index in [9.17, 15) is 4.79 Å². The van der Waals surface area contributed by atoms with Crippen LogP contribution >= 0.6 is 11.6 Å². The number of halogens is 1. The van der Waals surface area contributed by atoms with Gasteiger partial charge in [0.25, 0.3) is 5.91 Å². The molecule has 20 heavy (non-hydrogen) atoms. The van der Waals surface area contributed by atoms with Gasteiger partial charge in [0, 0.05) is 23.5 Å². The Labute approximate surface area is 122 Å². The highest BCUT2D eigenvalue weighted by molar-refractivity contribution is 6.31. The molecule has 1 atom stereocenters. The van der Waals surface area contributed by atoms with Crippen molar-refractivity contribution in [2.24, 2.45) is 0 Å². The van der Waals surface area contributed by atoms with Crippen LogP contribution < -0.4 is 11.1 Å². The highest BCUT2D eigenvalue weighted by Crippen LogP contribution is 2.16. The number of nitrogens with two attached hydrogens (primary N) is 1. The van der Waals surface area contributed by atoms with Crippen molar-refractivity contribution in [2.45, 2.75) is 19.4 Å². The molecule has 0 radical (unpaired) electrons. The lowest BCUT2D eigenvalue weighted by atomic mass is 10.1. The maximum absolute atomic E-state index is 12.0. The molecule has 0 aliphatic heterocycles. The normalized spacial score (nSPS) is 11.9. The van der Waals surface area contributed by atoms with E-state index in [2.05, 4.69) is 15.3 Å². The standard InChI is InChI=1S/C14H15ClN4O/c1-9(8-10-4-2-3-5-11(10)15)19-14(20)12-13(16)18-7-6-17-12/h2-7,9H,8H2,1H3,(H2,16,18)(H,19,20)/t9-/m1/s1. The number of anilines is 1. The molecule has 0 unspecified atom stereocenters. The number of nitrogens with one attached hydrogen (secondary N) is 1. The van der Waals surface area contributed by atoms with Gasteiger partial charge in [-0.3, -0.25) is 4.79 Å². The van der Waals surface area contributed by atoms with Crippen LogP contribution in [0.4, 0.5) is 5.82 Å². The largest absolute Gasteiger partial charge is 0.382 e. The van der Waals surface area contributed by atoms with Gasteiger partial charge in [-0.25, -0.2) is 9.97 Å². The van der Waals surface area contributed by atoms with Gasteiger partial charge in [-0.2, -0.15) is 0 Å². The summed E-state index contributed by atoms with van der Waals surface area (Å²) in [4.78, 5) is 19.8. The summed E-state index contributed by atoms with van der Waals surface area (Å²) >= 11 is 6.09. The molecule has 104 valence electrons. The van der Waals surface area contributed by atoms with Crippen molar-refractivity contribution in [3.8, 4) is 0 Å². The number of amides is 1. The van der Waals surface area contributed by atoms with E-state index in [1.54, 1.807) is 0 Å². The van der Waals surface area contributed by atoms with E-state index in [-0.39, 0.29) is 23.5 Å². The van der Waals surface area contributed by atoms with Crippen LogP contribution in [0.25, 0.3) is 0 Å². The fraction of sp³-hybridized carbons (Fsp3) is 0.214. The van der Waals surface area contributed by atoms with E-state index in [1.165, 1.54) is 12.4 Å². The number of hydrogen-bond acceptors (Lipinski definition) is 4. The second-order valence-corrected chi connectivity index (χ2v) is 4.87. The summed E-state index contributed by atoms with van der Waals surface area (Å²) in [6, 6.07) is 7.45. The molecule has 0 aliphatic rings. The molecule has 1 heterocycles. The smallest absolute Gasteiger partial charge is 0.273 e. The second-order valence-electron chi connectivity index (χ2n) is 4.46. The number of nitrogen functional groups attached to an aromatic ring is 1. The SMILES string of the molecule is C[C@H](Cc1ccccc1Cl)NC(=O)c1nccnc1N. The summed E-state index contributed by atoms with van der Waals surface area (Å²) in [7, 11) is 0. The number of aromatic nitrogens is 2. The van der Waals surface area contributed by atoms with Gasteiger partial charge in [-0.1, -0.05) is 29.8 Å². The zero-order valence-electron chi connectivity index (χ0n) is 11.0. The molecular weight excluding hydrogens is 276 g/mol. The van der Waals surface area contributed by atoms with Gasteiger partial charge in [0.2, 0.25) is 0 Å². The number of carbonyl (C=O) groups excluding carboxylic acids is 1. The minimum absolute atomic E-state index is 0.0937. The number of hydrogen-bond donors (Lipinski definition) is 2. The average Bonchev–Trinajstić information content (AvgIpc) is 2.41. The molecule has 6 heteroatoms. The summed E-state index contributed by atoms with van der Waals surface area (Å²) in [6.07, 6.45) is 3.51. The molecule has 1 aromatic carbocycles. The van der Waals surface area contributed by atoms with E-state index in [4.69, 9.17) is 17.3 Å². The third kappa shape index (κ3) is 3.45. The lowest BCUT2D eigenvalue weighted by Crippen LogP contribution is -2.35. The number of benzene rings is 1. The van der Waals surface area contributed by atoms with Crippen LogP contribution in [0.3, 0.4) is 0 Å². The minimum atomic E-state index is -0.338. The molecule has 1 aromatic heterocycles. The fourth-order valence-corrected chi connectivity index (χ4v) is 2.07. The first-order valence-electron chi connectivity index (χ1n) is 6.18. The highest BCUT2D eigenvalue weighted by Gasteiger charge is 2.15. The van der Waals surface area contributed by atoms with Crippen LogP contribution in [0.1, 0.15) is 23.0 Å².